The third-order valence-electron chi connectivity index (χ3n) is 5.89. The molecule has 1 N–H and O–H groups in total. The summed E-state index contributed by atoms with van der Waals surface area (Å²) in [5, 5.41) is 17.2. The fraction of sp³-hybridized carbons (Fsp3) is 0.417. The summed E-state index contributed by atoms with van der Waals surface area (Å²) in [6.45, 7) is 1.28. The summed E-state index contributed by atoms with van der Waals surface area (Å²) in [7, 11) is 0. The molecule has 1 saturated carbocycles. The second kappa shape index (κ2) is 10.5. The number of thiophene rings is 1. The Morgan fingerprint density at radius 2 is 1.90 bits per heavy atom. The highest BCUT2D eigenvalue weighted by atomic mass is 32.2. The third-order valence-corrected chi connectivity index (χ3v) is 7.58. The molecule has 1 aliphatic carbocycles. The number of thioether (sulfide) groups is 1. The Hall–Kier alpha value is -2.09. The summed E-state index contributed by atoms with van der Waals surface area (Å²) >= 11 is 3.53. The molecule has 4 rings (SSSR count). The lowest BCUT2D eigenvalue weighted by atomic mass is 9.82. The predicted molar refractivity (Wildman–Crippen MR) is 127 cm³/mol. The van der Waals surface area contributed by atoms with Crippen LogP contribution in [-0.2, 0) is 16.1 Å². The van der Waals surface area contributed by atoms with Crippen molar-refractivity contribution in [3.63, 3.8) is 0 Å². The topological polar surface area (TPSA) is 64.4 Å². The summed E-state index contributed by atoms with van der Waals surface area (Å²) in [5.41, 5.74) is 3.45. The SMILES string of the molecule is CSc1c(-c2cccs2)c(-c2ccccc2)nn1CC1CCC(COCC(=O)O)CC1. The van der Waals surface area contributed by atoms with Gasteiger partial charge in [0, 0.05) is 17.0 Å². The van der Waals surface area contributed by atoms with Gasteiger partial charge >= 0.3 is 5.97 Å². The van der Waals surface area contributed by atoms with E-state index in [0.717, 1.165) is 43.5 Å². The maximum Gasteiger partial charge on any atom is 0.329 e. The van der Waals surface area contributed by atoms with Crippen molar-refractivity contribution in [1.82, 2.24) is 9.78 Å². The van der Waals surface area contributed by atoms with E-state index in [2.05, 4.69) is 52.7 Å². The van der Waals surface area contributed by atoms with Gasteiger partial charge in [0.05, 0.1) is 12.2 Å². The number of aliphatic carboxylic acids is 1. The van der Waals surface area contributed by atoms with Crippen molar-refractivity contribution in [2.75, 3.05) is 19.5 Å². The van der Waals surface area contributed by atoms with E-state index in [1.807, 2.05) is 6.07 Å². The Bertz CT molecular complexity index is 978. The van der Waals surface area contributed by atoms with E-state index in [0.29, 0.717) is 18.4 Å². The lowest BCUT2D eigenvalue weighted by Gasteiger charge is -2.28. The van der Waals surface area contributed by atoms with Gasteiger partial charge in [-0.25, -0.2) is 4.79 Å². The van der Waals surface area contributed by atoms with Crippen LogP contribution in [0.1, 0.15) is 25.7 Å². The Morgan fingerprint density at radius 1 is 1.16 bits per heavy atom. The normalized spacial score (nSPS) is 18.9. The van der Waals surface area contributed by atoms with E-state index < -0.39 is 5.97 Å². The van der Waals surface area contributed by atoms with Crippen LogP contribution in [0.25, 0.3) is 21.7 Å². The average Bonchev–Trinajstić information content (AvgIpc) is 3.43. The molecule has 1 aromatic carbocycles. The number of hydrogen-bond donors (Lipinski definition) is 1. The van der Waals surface area contributed by atoms with Crippen LogP contribution in [0.3, 0.4) is 0 Å². The molecule has 0 radical (unpaired) electrons. The fourth-order valence-electron chi connectivity index (χ4n) is 4.36. The summed E-state index contributed by atoms with van der Waals surface area (Å²) in [6, 6.07) is 14.7. The van der Waals surface area contributed by atoms with Crippen molar-refractivity contribution in [3.8, 4) is 21.7 Å². The fourth-order valence-corrected chi connectivity index (χ4v) is 5.93. The molecule has 3 aromatic rings. The van der Waals surface area contributed by atoms with Gasteiger partial charge in [0.1, 0.15) is 17.3 Å². The first-order valence-corrected chi connectivity index (χ1v) is 12.8. The molecule has 0 aliphatic heterocycles. The van der Waals surface area contributed by atoms with Crippen LogP contribution in [0.4, 0.5) is 0 Å². The molecule has 2 heterocycles. The molecule has 1 aliphatic rings. The Morgan fingerprint density at radius 3 is 2.55 bits per heavy atom. The van der Waals surface area contributed by atoms with Crippen LogP contribution in [-0.4, -0.2) is 40.3 Å². The third kappa shape index (κ3) is 5.40. The largest absolute Gasteiger partial charge is 0.480 e. The Labute approximate surface area is 191 Å². The first kappa shape index (κ1) is 22.1. The molecule has 0 amide bonds. The summed E-state index contributed by atoms with van der Waals surface area (Å²) in [5.74, 6) is 0.156. The molecule has 5 nitrogen and oxygen atoms in total. The number of carboxylic acid groups (broad SMARTS) is 1. The number of rotatable bonds is 9. The smallest absolute Gasteiger partial charge is 0.329 e. The maximum atomic E-state index is 10.6. The van der Waals surface area contributed by atoms with Crippen LogP contribution >= 0.6 is 23.1 Å². The summed E-state index contributed by atoms with van der Waals surface area (Å²) in [6.07, 6.45) is 6.57. The molecular formula is C24H28N2O3S2. The first-order valence-electron chi connectivity index (χ1n) is 10.7. The van der Waals surface area contributed by atoms with E-state index in [1.54, 1.807) is 23.1 Å². The molecule has 164 valence electrons. The van der Waals surface area contributed by atoms with E-state index in [4.69, 9.17) is 14.9 Å². The van der Waals surface area contributed by atoms with Gasteiger partial charge in [-0.3, -0.25) is 4.68 Å². The van der Waals surface area contributed by atoms with Crippen LogP contribution in [0.15, 0.2) is 52.9 Å². The highest BCUT2D eigenvalue weighted by Gasteiger charge is 2.26. The highest BCUT2D eigenvalue weighted by Crippen LogP contribution is 2.41. The predicted octanol–water partition coefficient (Wildman–Crippen LogP) is 5.91. The number of hydrogen-bond acceptors (Lipinski definition) is 5. The van der Waals surface area contributed by atoms with Crippen molar-refractivity contribution in [2.45, 2.75) is 37.3 Å². The van der Waals surface area contributed by atoms with Gasteiger partial charge in [-0.2, -0.15) is 5.10 Å². The molecule has 2 aromatic heterocycles. The van der Waals surface area contributed by atoms with Gasteiger partial charge in [0.2, 0.25) is 0 Å². The number of carboxylic acids is 1. The molecule has 31 heavy (non-hydrogen) atoms. The van der Waals surface area contributed by atoms with E-state index in [1.165, 1.54) is 15.5 Å². The molecular weight excluding hydrogens is 428 g/mol. The van der Waals surface area contributed by atoms with Gasteiger partial charge in [-0.05, 0) is 55.2 Å². The first-order chi connectivity index (χ1) is 15.2. The highest BCUT2D eigenvalue weighted by molar-refractivity contribution is 7.98. The van der Waals surface area contributed by atoms with Crippen molar-refractivity contribution in [2.24, 2.45) is 11.8 Å². The molecule has 0 unspecified atom stereocenters. The zero-order chi connectivity index (χ0) is 21.6. The van der Waals surface area contributed by atoms with Crippen molar-refractivity contribution >= 4 is 29.1 Å². The van der Waals surface area contributed by atoms with Crippen molar-refractivity contribution in [3.05, 3.63) is 47.8 Å². The zero-order valence-electron chi connectivity index (χ0n) is 17.7. The lowest BCUT2D eigenvalue weighted by molar-refractivity contribution is -0.142. The van der Waals surface area contributed by atoms with Gasteiger partial charge in [0.15, 0.2) is 0 Å². The lowest BCUT2D eigenvalue weighted by Crippen LogP contribution is -2.23. The van der Waals surface area contributed by atoms with Crippen LogP contribution in [0.5, 0.6) is 0 Å². The molecule has 0 saturated heterocycles. The van der Waals surface area contributed by atoms with Crippen molar-refractivity contribution in [1.29, 1.82) is 0 Å². The molecule has 0 bridgehead atoms. The molecule has 1 fully saturated rings. The minimum atomic E-state index is -0.896. The molecule has 0 spiro atoms. The van der Waals surface area contributed by atoms with Gasteiger partial charge in [-0.15, -0.1) is 23.1 Å². The zero-order valence-corrected chi connectivity index (χ0v) is 19.3. The minimum absolute atomic E-state index is 0.196. The van der Waals surface area contributed by atoms with Gasteiger partial charge in [-0.1, -0.05) is 36.4 Å². The quantitative estimate of drug-likeness (QED) is 0.406. The second-order valence-electron chi connectivity index (χ2n) is 8.05. The average molecular weight is 457 g/mol. The Kier molecular flexibility index (Phi) is 7.48. The minimum Gasteiger partial charge on any atom is -0.480 e. The molecule has 7 heteroatoms. The number of benzene rings is 1. The number of aromatic nitrogens is 2. The Balaban J connectivity index is 1.51. The van der Waals surface area contributed by atoms with Crippen LogP contribution < -0.4 is 0 Å². The number of ether oxygens (including phenoxy) is 1. The van der Waals surface area contributed by atoms with Crippen LogP contribution in [0, 0.1) is 11.8 Å². The van der Waals surface area contributed by atoms with Crippen molar-refractivity contribution < 1.29 is 14.6 Å². The van der Waals surface area contributed by atoms with Gasteiger partial charge < -0.3 is 9.84 Å². The van der Waals surface area contributed by atoms with Crippen LogP contribution in [0.2, 0.25) is 0 Å². The summed E-state index contributed by atoms with van der Waals surface area (Å²) in [4.78, 5) is 11.9. The van der Waals surface area contributed by atoms with E-state index in [-0.39, 0.29) is 6.61 Å². The van der Waals surface area contributed by atoms with E-state index in [9.17, 15) is 4.79 Å². The second-order valence-corrected chi connectivity index (χ2v) is 9.80. The monoisotopic (exact) mass is 456 g/mol. The van der Waals surface area contributed by atoms with E-state index >= 15 is 0 Å². The molecule has 0 atom stereocenters. The van der Waals surface area contributed by atoms with Gasteiger partial charge in [0.25, 0.3) is 0 Å². The maximum absolute atomic E-state index is 10.6. The number of carbonyl (C=O) groups is 1. The standard InChI is InChI=1S/C24H28N2O3S2/c1-30-24-22(20-8-5-13-31-20)23(19-6-3-2-4-7-19)25-26(24)14-17-9-11-18(12-10-17)15-29-16-21(27)28/h2-8,13,17-18H,9-12,14-16H2,1H3,(H,27,28). The number of nitrogens with zero attached hydrogens (tertiary/aromatic N) is 2. The summed E-state index contributed by atoms with van der Waals surface area (Å²) < 4.78 is 7.53.